The molecule has 0 spiro atoms. The zero-order valence-electron chi connectivity index (χ0n) is 9.27. The molecule has 17 heavy (non-hydrogen) atoms. The molecular formula is C11H13F3N2O. The summed E-state index contributed by atoms with van der Waals surface area (Å²) in [6.07, 6.45) is -5.94. The molecule has 3 N–H and O–H groups in total. The normalized spacial score (nSPS) is 11.3. The predicted molar refractivity (Wildman–Crippen MR) is 58.1 cm³/mol. The molecule has 3 nitrogen and oxygen atoms in total. The van der Waals surface area contributed by atoms with Crippen molar-refractivity contribution in [1.82, 2.24) is 5.32 Å². The fourth-order valence-electron chi connectivity index (χ4n) is 1.33. The van der Waals surface area contributed by atoms with Gasteiger partial charge in [0.15, 0.2) is 0 Å². The maximum Gasteiger partial charge on any atom is 0.397 e. The van der Waals surface area contributed by atoms with Gasteiger partial charge in [0.25, 0.3) is 0 Å². The summed E-state index contributed by atoms with van der Waals surface area (Å²) >= 11 is 0. The van der Waals surface area contributed by atoms with Crippen LogP contribution >= 0.6 is 0 Å². The lowest BCUT2D eigenvalue weighted by atomic mass is 10.1. The van der Waals surface area contributed by atoms with Crippen LogP contribution in [-0.4, -0.2) is 12.1 Å². The van der Waals surface area contributed by atoms with E-state index in [9.17, 15) is 18.0 Å². The third-order valence-electron chi connectivity index (χ3n) is 2.32. The van der Waals surface area contributed by atoms with Gasteiger partial charge in [-0.2, -0.15) is 13.2 Å². The number of nitrogen functional groups attached to an aromatic ring is 1. The van der Waals surface area contributed by atoms with Crippen molar-refractivity contribution in [3.63, 3.8) is 0 Å². The number of alkyl halides is 3. The Balaban J connectivity index is 2.56. The van der Waals surface area contributed by atoms with E-state index < -0.39 is 18.5 Å². The van der Waals surface area contributed by atoms with E-state index in [-0.39, 0.29) is 6.54 Å². The van der Waals surface area contributed by atoms with E-state index in [0.717, 1.165) is 5.56 Å². The molecule has 0 bridgehead atoms. The number of anilines is 1. The zero-order chi connectivity index (χ0) is 13.1. The van der Waals surface area contributed by atoms with Crippen LogP contribution in [0.2, 0.25) is 0 Å². The molecule has 0 heterocycles. The van der Waals surface area contributed by atoms with Gasteiger partial charge < -0.3 is 11.1 Å². The van der Waals surface area contributed by atoms with Crippen molar-refractivity contribution in [2.24, 2.45) is 0 Å². The number of hydrogen-bond acceptors (Lipinski definition) is 2. The Bertz CT molecular complexity index is 416. The van der Waals surface area contributed by atoms with Crippen LogP contribution in [0.5, 0.6) is 0 Å². The SMILES string of the molecule is Cc1c(N)cccc1CNC(=O)CC(F)(F)F. The van der Waals surface area contributed by atoms with E-state index in [1.165, 1.54) is 0 Å². The predicted octanol–water partition coefficient (Wildman–Crippen LogP) is 2.15. The number of nitrogens with two attached hydrogens (primary N) is 1. The summed E-state index contributed by atoms with van der Waals surface area (Å²) in [6.45, 7) is 1.80. The standard InChI is InChI=1S/C11H13F3N2O/c1-7-8(3-2-4-9(7)15)6-16-10(17)5-11(12,13)14/h2-4H,5-6,15H2,1H3,(H,16,17). The van der Waals surface area contributed by atoms with E-state index in [4.69, 9.17) is 5.73 Å². The minimum absolute atomic E-state index is 0.0474. The fourth-order valence-corrected chi connectivity index (χ4v) is 1.33. The Labute approximate surface area is 96.8 Å². The van der Waals surface area contributed by atoms with Gasteiger partial charge in [-0.05, 0) is 24.1 Å². The highest BCUT2D eigenvalue weighted by atomic mass is 19.4. The zero-order valence-corrected chi connectivity index (χ0v) is 9.27. The van der Waals surface area contributed by atoms with Crippen molar-refractivity contribution in [3.05, 3.63) is 29.3 Å². The Morgan fingerprint density at radius 1 is 1.41 bits per heavy atom. The molecule has 0 aromatic heterocycles. The van der Waals surface area contributed by atoms with Crippen molar-refractivity contribution in [2.45, 2.75) is 26.1 Å². The van der Waals surface area contributed by atoms with E-state index in [1.54, 1.807) is 25.1 Å². The van der Waals surface area contributed by atoms with E-state index in [1.807, 2.05) is 0 Å². The number of amides is 1. The molecule has 0 fully saturated rings. The molecule has 1 aromatic rings. The van der Waals surface area contributed by atoms with Gasteiger partial charge in [-0.3, -0.25) is 4.79 Å². The highest BCUT2D eigenvalue weighted by Gasteiger charge is 2.30. The largest absolute Gasteiger partial charge is 0.399 e. The van der Waals surface area contributed by atoms with Gasteiger partial charge in [0, 0.05) is 12.2 Å². The van der Waals surface area contributed by atoms with Gasteiger partial charge in [0.2, 0.25) is 5.91 Å². The Morgan fingerprint density at radius 3 is 2.65 bits per heavy atom. The van der Waals surface area contributed by atoms with Gasteiger partial charge in [0.1, 0.15) is 6.42 Å². The topological polar surface area (TPSA) is 55.1 Å². The highest BCUT2D eigenvalue weighted by Crippen LogP contribution is 2.19. The lowest BCUT2D eigenvalue weighted by Gasteiger charge is -2.10. The molecule has 0 atom stereocenters. The summed E-state index contributed by atoms with van der Waals surface area (Å²) in [4.78, 5) is 11.0. The second-order valence-corrected chi connectivity index (χ2v) is 3.70. The first-order valence-corrected chi connectivity index (χ1v) is 4.97. The molecule has 0 saturated heterocycles. The summed E-state index contributed by atoms with van der Waals surface area (Å²) in [7, 11) is 0. The summed E-state index contributed by atoms with van der Waals surface area (Å²) < 4.78 is 35.7. The number of halogens is 3. The maximum absolute atomic E-state index is 11.9. The highest BCUT2D eigenvalue weighted by molar-refractivity contribution is 5.76. The number of carbonyl (C=O) groups excluding carboxylic acids is 1. The van der Waals surface area contributed by atoms with Crippen LogP contribution in [0.1, 0.15) is 17.5 Å². The molecule has 0 radical (unpaired) electrons. The molecule has 1 rings (SSSR count). The molecular weight excluding hydrogens is 233 g/mol. The molecule has 0 unspecified atom stereocenters. The van der Waals surface area contributed by atoms with Crippen molar-refractivity contribution >= 4 is 11.6 Å². The molecule has 0 aliphatic heterocycles. The van der Waals surface area contributed by atoms with Crippen LogP contribution in [0, 0.1) is 6.92 Å². The van der Waals surface area contributed by atoms with Crippen LogP contribution < -0.4 is 11.1 Å². The number of hydrogen-bond donors (Lipinski definition) is 2. The number of rotatable bonds is 3. The van der Waals surface area contributed by atoms with E-state index >= 15 is 0 Å². The van der Waals surface area contributed by atoms with Gasteiger partial charge in [-0.15, -0.1) is 0 Å². The smallest absolute Gasteiger partial charge is 0.397 e. The second-order valence-electron chi connectivity index (χ2n) is 3.70. The van der Waals surface area contributed by atoms with Gasteiger partial charge in [0.05, 0.1) is 0 Å². The first kappa shape index (κ1) is 13.3. The number of nitrogens with one attached hydrogen (secondary N) is 1. The molecule has 1 amide bonds. The monoisotopic (exact) mass is 246 g/mol. The lowest BCUT2D eigenvalue weighted by molar-refractivity contribution is -0.153. The van der Waals surface area contributed by atoms with E-state index in [2.05, 4.69) is 5.32 Å². The molecule has 6 heteroatoms. The minimum Gasteiger partial charge on any atom is -0.399 e. The molecule has 0 aliphatic carbocycles. The fraction of sp³-hybridized carbons (Fsp3) is 0.364. The van der Waals surface area contributed by atoms with E-state index in [0.29, 0.717) is 11.3 Å². The Kier molecular flexibility index (Phi) is 3.98. The summed E-state index contributed by atoms with van der Waals surface area (Å²) in [5.74, 6) is -1.04. The molecule has 0 aliphatic rings. The van der Waals surface area contributed by atoms with Crippen LogP contribution in [0.25, 0.3) is 0 Å². The summed E-state index contributed by atoms with van der Waals surface area (Å²) in [6, 6.07) is 5.09. The Morgan fingerprint density at radius 2 is 2.06 bits per heavy atom. The first-order chi connectivity index (χ1) is 7.79. The number of benzene rings is 1. The average Bonchev–Trinajstić information content (AvgIpc) is 2.18. The van der Waals surface area contributed by atoms with Crippen molar-refractivity contribution in [1.29, 1.82) is 0 Å². The van der Waals surface area contributed by atoms with Crippen LogP contribution in [0.3, 0.4) is 0 Å². The summed E-state index contributed by atoms with van der Waals surface area (Å²) in [5, 5.41) is 2.21. The second kappa shape index (κ2) is 5.07. The number of carbonyl (C=O) groups is 1. The third kappa shape index (κ3) is 4.34. The van der Waals surface area contributed by atoms with Crippen molar-refractivity contribution < 1.29 is 18.0 Å². The van der Waals surface area contributed by atoms with Crippen LogP contribution in [0.4, 0.5) is 18.9 Å². The molecule has 1 aromatic carbocycles. The van der Waals surface area contributed by atoms with Crippen LogP contribution in [-0.2, 0) is 11.3 Å². The average molecular weight is 246 g/mol. The van der Waals surface area contributed by atoms with Gasteiger partial charge in [-0.1, -0.05) is 12.1 Å². The Hall–Kier alpha value is -1.72. The van der Waals surface area contributed by atoms with Gasteiger partial charge >= 0.3 is 6.18 Å². The van der Waals surface area contributed by atoms with Crippen molar-refractivity contribution in [2.75, 3.05) is 5.73 Å². The van der Waals surface area contributed by atoms with Gasteiger partial charge in [-0.25, -0.2) is 0 Å². The summed E-state index contributed by atoms with van der Waals surface area (Å²) in [5.41, 5.74) is 7.66. The minimum atomic E-state index is -4.48. The first-order valence-electron chi connectivity index (χ1n) is 4.97. The molecule has 94 valence electrons. The van der Waals surface area contributed by atoms with Crippen molar-refractivity contribution in [3.8, 4) is 0 Å². The quantitative estimate of drug-likeness (QED) is 0.803. The third-order valence-corrected chi connectivity index (χ3v) is 2.32. The molecule has 0 saturated carbocycles. The lowest BCUT2D eigenvalue weighted by Crippen LogP contribution is -2.28. The van der Waals surface area contributed by atoms with Crippen LogP contribution in [0.15, 0.2) is 18.2 Å². The maximum atomic E-state index is 11.9.